The lowest BCUT2D eigenvalue weighted by atomic mass is 10.1. The van der Waals surface area contributed by atoms with Crippen LogP contribution in [0.5, 0.6) is 0 Å². The van der Waals surface area contributed by atoms with Crippen molar-refractivity contribution in [3.63, 3.8) is 0 Å². The van der Waals surface area contributed by atoms with Gasteiger partial charge in [0, 0.05) is 42.3 Å². The zero-order valence-electron chi connectivity index (χ0n) is 22.6. The Balaban J connectivity index is 1.35. The summed E-state index contributed by atoms with van der Waals surface area (Å²) in [5, 5.41) is 22.1. The molecule has 4 aromatic rings. The average Bonchev–Trinajstić information content (AvgIpc) is 3.56. The number of hydrogen-bond acceptors (Lipinski definition) is 7. The predicted octanol–water partition coefficient (Wildman–Crippen LogP) is 4.52. The number of aryl methyl sites for hydroxylation is 1. The number of carbonyl (C=O) groups is 1. The van der Waals surface area contributed by atoms with Crippen LogP contribution in [0.2, 0.25) is 0 Å². The van der Waals surface area contributed by atoms with E-state index in [0.29, 0.717) is 34.3 Å². The second kappa shape index (κ2) is 9.72. The van der Waals surface area contributed by atoms with Crippen molar-refractivity contribution in [3.8, 4) is 6.07 Å². The number of carboxylic acids is 1. The summed E-state index contributed by atoms with van der Waals surface area (Å²) in [6, 6.07) is 18.9. The summed E-state index contributed by atoms with van der Waals surface area (Å²) in [5.41, 5.74) is 5.26. The topological polar surface area (TPSA) is 114 Å². The Labute approximate surface area is 231 Å². The molecule has 2 N–H and O–H groups in total. The molecule has 0 aliphatic carbocycles. The minimum Gasteiger partial charge on any atom is -0.478 e. The molecule has 2 saturated heterocycles. The van der Waals surface area contributed by atoms with E-state index in [-0.39, 0.29) is 23.2 Å². The molecule has 202 valence electrons. The highest BCUT2D eigenvalue weighted by Crippen LogP contribution is 2.38. The third kappa shape index (κ3) is 4.22. The van der Waals surface area contributed by atoms with E-state index in [1.807, 2.05) is 57.3 Å². The monoisotopic (exact) mass is 534 g/mol. The van der Waals surface area contributed by atoms with Crippen molar-refractivity contribution in [1.29, 1.82) is 5.26 Å². The molecular formula is C31H30N6O3. The molecule has 40 heavy (non-hydrogen) atoms. The largest absolute Gasteiger partial charge is 0.478 e. The summed E-state index contributed by atoms with van der Waals surface area (Å²) in [4.78, 5) is 35.2. The number of pyridine rings is 1. The summed E-state index contributed by atoms with van der Waals surface area (Å²) in [7, 11) is 0. The number of aromatic nitrogens is 2. The Morgan fingerprint density at radius 3 is 2.48 bits per heavy atom. The number of nitrogens with one attached hydrogen (secondary N) is 1. The van der Waals surface area contributed by atoms with Gasteiger partial charge in [0.25, 0.3) is 5.56 Å². The number of nitrogens with zero attached hydrogens (tertiary/aromatic N) is 5. The van der Waals surface area contributed by atoms with Gasteiger partial charge in [-0.25, -0.2) is 9.78 Å². The molecule has 0 spiro atoms. The fourth-order valence-electron chi connectivity index (χ4n) is 6.16. The zero-order valence-corrected chi connectivity index (χ0v) is 22.6. The lowest BCUT2D eigenvalue weighted by molar-refractivity contribution is 0.0698. The number of piperazine rings is 1. The van der Waals surface area contributed by atoms with Crippen LogP contribution in [0.4, 0.5) is 17.2 Å². The molecule has 2 aromatic heterocycles. The Morgan fingerprint density at radius 1 is 1.10 bits per heavy atom. The number of benzene rings is 2. The van der Waals surface area contributed by atoms with Crippen molar-refractivity contribution in [2.24, 2.45) is 0 Å². The molecule has 2 aliphatic rings. The molecule has 3 atom stereocenters. The molecule has 2 fully saturated rings. The zero-order chi connectivity index (χ0) is 28.1. The van der Waals surface area contributed by atoms with Crippen molar-refractivity contribution in [2.45, 2.75) is 45.3 Å². The Bertz CT molecular complexity index is 1740. The number of hydrogen-bond donors (Lipinski definition) is 2. The van der Waals surface area contributed by atoms with Crippen LogP contribution in [0.3, 0.4) is 0 Å². The maximum atomic E-state index is 13.6. The summed E-state index contributed by atoms with van der Waals surface area (Å²) in [6.45, 7) is 7.31. The number of carboxylic acid groups (broad SMARTS) is 1. The van der Waals surface area contributed by atoms with Gasteiger partial charge in [0.05, 0.1) is 34.8 Å². The van der Waals surface area contributed by atoms with E-state index < -0.39 is 5.97 Å². The third-order valence-electron chi connectivity index (χ3n) is 8.13. The van der Waals surface area contributed by atoms with E-state index in [9.17, 15) is 14.7 Å². The first kappa shape index (κ1) is 25.4. The molecule has 6 rings (SSSR count). The molecule has 9 nitrogen and oxygen atoms in total. The molecule has 9 heteroatoms. The van der Waals surface area contributed by atoms with Crippen LogP contribution < -0.4 is 20.7 Å². The van der Waals surface area contributed by atoms with Crippen molar-refractivity contribution >= 4 is 28.8 Å². The van der Waals surface area contributed by atoms with Crippen molar-refractivity contribution in [2.75, 3.05) is 28.2 Å². The van der Waals surface area contributed by atoms with E-state index >= 15 is 0 Å². The molecule has 1 unspecified atom stereocenters. The minimum absolute atomic E-state index is 0.102. The standard InChI is InChI=1S/C31H30N6O3/c1-18-12-26(20(3)33-27-7-5-4-6-25(27)31(39)40)29-34-28(19(2)30(38)37(29)15-18)36-17-23-13-24(36)16-35(23)22-10-8-21(14-32)9-11-22/h4-12,15,20,23-24,33H,13,16-17H2,1-3H3,(H,39,40)/t20?,23-,24-/m0/s1. The van der Waals surface area contributed by atoms with Crippen LogP contribution in [0.15, 0.2) is 65.6 Å². The normalized spacial score (nSPS) is 18.6. The fraction of sp³-hybridized carbons (Fsp3) is 0.290. The first-order valence-corrected chi connectivity index (χ1v) is 13.4. The second-order valence-electron chi connectivity index (χ2n) is 10.8. The lowest BCUT2D eigenvalue weighted by Gasteiger charge is -2.37. The average molecular weight is 535 g/mol. The van der Waals surface area contributed by atoms with Crippen LogP contribution in [-0.4, -0.2) is 45.6 Å². The Hall–Kier alpha value is -4.84. The van der Waals surface area contributed by atoms with E-state index in [1.54, 1.807) is 28.7 Å². The molecule has 0 amide bonds. The molecule has 2 bridgehead atoms. The molecular weight excluding hydrogens is 504 g/mol. The summed E-state index contributed by atoms with van der Waals surface area (Å²) in [6.07, 6.45) is 2.79. The van der Waals surface area contributed by atoms with E-state index in [2.05, 4.69) is 21.2 Å². The van der Waals surface area contributed by atoms with E-state index in [4.69, 9.17) is 10.2 Å². The van der Waals surface area contributed by atoms with Gasteiger partial charge < -0.3 is 20.2 Å². The maximum absolute atomic E-state index is 13.6. The van der Waals surface area contributed by atoms with Gasteiger partial charge in [-0.1, -0.05) is 12.1 Å². The summed E-state index contributed by atoms with van der Waals surface area (Å²) < 4.78 is 1.61. The fourth-order valence-corrected chi connectivity index (χ4v) is 6.16. The molecule has 4 heterocycles. The summed E-state index contributed by atoms with van der Waals surface area (Å²) in [5.74, 6) is -0.295. The third-order valence-corrected chi connectivity index (χ3v) is 8.13. The van der Waals surface area contributed by atoms with Crippen molar-refractivity contribution in [3.05, 3.63) is 99.0 Å². The number of aromatic carboxylic acids is 1. The van der Waals surface area contributed by atoms with Gasteiger partial charge in [-0.2, -0.15) is 5.26 Å². The van der Waals surface area contributed by atoms with Crippen LogP contribution in [0, 0.1) is 25.2 Å². The first-order valence-electron chi connectivity index (χ1n) is 13.4. The van der Waals surface area contributed by atoms with Crippen LogP contribution in [0.1, 0.15) is 52.0 Å². The van der Waals surface area contributed by atoms with Crippen molar-refractivity contribution in [1.82, 2.24) is 9.38 Å². The van der Waals surface area contributed by atoms with Crippen LogP contribution in [-0.2, 0) is 0 Å². The second-order valence-corrected chi connectivity index (χ2v) is 10.8. The Morgan fingerprint density at radius 2 is 1.80 bits per heavy atom. The van der Waals surface area contributed by atoms with Gasteiger partial charge in [0.1, 0.15) is 11.5 Å². The van der Waals surface area contributed by atoms with Gasteiger partial charge in [0.2, 0.25) is 0 Å². The highest BCUT2D eigenvalue weighted by atomic mass is 16.4. The van der Waals surface area contributed by atoms with Gasteiger partial charge >= 0.3 is 5.97 Å². The van der Waals surface area contributed by atoms with Crippen LogP contribution in [0.25, 0.3) is 5.65 Å². The van der Waals surface area contributed by atoms with E-state index in [1.165, 1.54) is 0 Å². The molecule has 0 saturated carbocycles. The number of para-hydroxylation sites is 1. The van der Waals surface area contributed by atoms with Crippen LogP contribution >= 0.6 is 0 Å². The lowest BCUT2D eigenvalue weighted by Crippen LogP contribution is -2.47. The highest BCUT2D eigenvalue weighted by molar-refractivity contribution is 5.94. The first-order chi connectivity index (χ1) is 19.2. The predicted molar refractivity (Wildman–Crippen MR) is 154 cm³/mol. The quantitative estimate of drug-likeness (QED) is 0.371. The van der Waals surface area contributed by atoms with Gasteiger partial charge in [-0.05, 0) is 75.2 Å². The van der Waals surface area contributed by atoms with Crippen molar-refractivity contribution < 1.29 is 9.90 Å². The van der Waals surface area contributed by atoms with Gasteiger partial charge in [-0.15, -0.1) is 0 Å². The molecule has 2 aromatic carbocycles. The highest BCUT2D eigenvalue weighted by Gasteiger charge is 2.44. The van der Waals surface area contributed by atoms with Gasteiger partial charge in [-0.3, -0.25) is 9.20 Å². The number of fused-ring (bicyclic) bond motifs is 3. The van der Waals surface area contributed by atoms with E-state index in [0.717, 1.165) is 36.3 Å². The number of nitriles is 1. The SMILES string of the molecule is Cc1cc(C(C)Nc2ccccc2C(=O)O)c2nc(N3C[C@@H]4C[C@H]3CN4c3ccc(C#N)cc3)c(C)c(=O)n2c1. The smallest absolute Gasteiger partial charge is 0.337 e. The number of rotatable bonds is 6. The van der Waals surface area contributed by atoms with Gasteiger partial charge in [0.15, 0.2) is 0 Å². The minimum atomic E-state index is -1.00. The number of anilines is 3. The maximum Gasteiger partial charge on any atom is 0.337 e. The summed E-state index contributed by atoms with van der Waals surface area (Å²) >= 11 is 0. The molecule has 2 aliphatic heterocycles. The Kier molecular flexibility index (Phi) is 6.18. The molecule has 0 radical (unpaired) electrons.